The maximum absolute atomic E-state index is 10.4. The molecule has 3 aromatic rings. The molecule has 4 heteroatoms. The molecule has 4 nitrogen and oxygen atoms in total. The van der Waals surface area contributed by atoms with Crippen LogP contribution in [-0.4, -0.2) is 30.8 Å². The van der Waals surface area contributed by atoms with Gasteiger partial charge in [0.25, 0.3) is 0 Å². The smallest absolute Gasteiger partial charge is 0.160 e. The Balaban J connectivity index is 1.69. The van der Waals surface area contributed by atoms with Gasteiger partial charge in [-0.25, -0.2) is 0 Å². The van der Waals surface area contributed by atoms with Crippen LogP contribution in [0.4, 0.5) is 0 Å². The van der Waals surface area contributed by atoms with Crippen LogP contribution in [0.2, 0.25) is 0 Å². The van der Waals surface area contributed by atoms with E-state index in [2.05, 4.69) is 28.9 Å². The fraction of sp³-hybridized carbons (Fsp3) is 0.231. The number of methoxy groups -OCH3 is 2. The Labute approximate surface area is 177 Å². The van der Waals surface area contributed by atoms with Gasteiger partial charge in [-0.15, -0.1) is 0 Å². The van der Waals surface area contributed by atoms with E-state index in [1.165, 1.54) is 11.1 Å². The number of benzene rings is 3. The number of phenolic OH excluding ortho intramolecular Hbond substituents is 1. The SMILES string of the molecule is COc1ccc(CN2CCc3cc(OC)c(O)cc3C2C#Cc2ccccc2)cc1. The number of ether oxygens (including phenoxy) is 2. The fourth-order valence-corrected chi connectivity index (χ4v) is 3.83. The fourth-order valence-electron chi connectivity index (χ4n) is 3.83. The molecular weight excluding hydrogens is 374 g/mol. The molecule has 3 aromatic carbocycles. The van der Waals surface area contributed by atoms with Gasteiger partial charge in [-0.05, 0) is 59.5 Å². The Morgan fingerprint density at radius 1 is 1.00 bits per heavy atom. The first-order valence-corrected chi connectivity index (χ1v) is 10.0. The molecule has 1 N–H and O–H groups in total. The topological polar surface area (TPSA) is 41.9 Å². The Morgan fingerprint density at radius 3 is 2.47 bits per heavy atom. The number of nitrogens with zero attached hydrogens (tertiary/aromatic N) is 1. The van der Waals surface area contributed by atoms with Crippen LogP contribution in [0.25, 0.3) is 0 Å². The molecule has 1 atom stereocenters. The average Bonchev–Trinajstić information content (AvgIpc) is 2.79. The zero-order chi connectivity index (χ0) is 20.9. The van der Waals surface area contributed by atoms with Gasteiger partial charge < -0.3 is 14.6 Å². The predicted molar refractivity (Wildman–Crippen MR) is 118 cm³/mol. The molecule has 0 fully saturated rings. The van der Waals surface area contributed by atoms with Gasteiger partial charge in [0.2, 0.25) is 0 Å². The van der Waals surface area contributed by atoms with Gasteiger partial charge in [0.1, 0.15) is 5.75 Å². The second-order valence-corrected chi connectivity index (χ2v) is 7.33. The third-order valence-electron chi connectivity index (χ3n) is 5.44. The Morgan fingerprint density at radius 2 is 1.77 bits per heavy atom. The summed E-state index contributed by atoms with van der Waals surface area (Å²) in [6.07, 6.45) is 0.881. The summed E-state index contributed by atoms with van der Waals surface area (Å²) in [5, 5.41) is 10.4. The summed E-state index contributed by atoms with van der Waals surface area (Å²) in [4.78, 5) is 2.35. The highest BCUT2D eigenvalue weighted by molar-refractivity contribution is 5.51. The lowest BCUT2D eigenvalue weighted by Gasteiger charge is -2.35. The summed E-state index contributed by atoms with van der Waals surface area (Å²) in [6.45, 7) is 1.64. The molecule has 1 heterocycles. The van der Waals surface area contributed by atoms with Gasteiger partial charge >= 0.3 is 0 Å². The minimum atomic E-state index is -0.118. The lowest BCUT2D eigenvalue weighted by atomic mass is 9.91. The van der Waals surface area contributed by atoms with E-state index in [1.54, 1.807) is 20.3 Å². The van der Waals surface area contributed by atoms with Gasteiger partial charge in [-0.2, -0.15) is 0 Å². The van der Waals surface area contributed by atoms with Crippen molar-refractivity contribution in [2.24, 2.45) is 0 Å². The van der Waals surface area contributed by atoms with Crippen LogP contribution in [0.1, 0.15) is 28.3 Å². The molecule has 0 aromatic heterocycles. The first kappa shape index (κ1) is 19.9. The average molecular weight is 399 g/mol. The van der Waals surface area contributed by atoms with Crippen LogP contribution < -0.4 is 9.47 Å². The molecule has 0 aliphatic carbocycles. The second-order valence-electron chi connectivity index (χ2n) is 7.33. The van der Waals surface area contributed by atoms with Gasteiger partial charge in [0.15, 0.2) is 11.5 Å². The number of rotatable bonds is 4. The third kappa shape index (κ3) is 4.27. The minimum Gasteiger partial charge on any atom is -0.504 e. The molecule has 4 rings (SSSR count). The van der Waals surface area contributed by atoms with Crippen molar-refractivity contribution >= 4 is 0 Å². The molecule has 30 heavy (non-hydrogen) atoms. The number of hydrogen-bond donors (Lipinski definition) is 1. The molecule has 1 aliphatic heterocycles. The van der Waals surface area contributed by atoms with E-state index >= 15 is 0 Å². The summed E-state index contributed by atoms with van der Waals surface area (Å²) in [7, 11) is 3.25. The van der Waals surface area contributed by atoms with Crippen molar-refractivity contribution in [2.75, 3.05) is 20.8 Å². The number of aromatic hydroxyl groups is 1. The first-order chi connectivity index (χ1) is 14.7. The van der Waals surface area contributed by atoms with Crippen molar-refractivity contribution in [3.63, 3.8) is 0 Å². The highest BCUT2D eigenvalue weighted by Crippen LogP contribution is 2.38. The number of fused-ring (bicyclic) bond motifs is 1. The van der Waals surface area contributed by atoms with Crippen LogP contribution >= 0.6 is 0 Å². The summed E-state index contributed by atoms with van der Waals surface area (Å²) in [6, 6.07) is 21.7. The maximum atomic E-state index is 10.4. The zero-order valence-corrected chi connectivity index (χ0v) is 17.3. The van der Waals surface area contributed by atoms with Crippen LogP contribution in [0.15, 0.2) is 66.7 Å². The van der Waals surface area contributed by atoms with Crippen LogP contribution in [-0.2, 0) is 13.0 Å². The van der Waals surface area contributed by atoms with Crippen LogP contribution in [0, 0.1) is 11.8 Å². The Hall–Kier alpha value is -3.42. The predicted octanol–water partition coefficient (Wildman–Crippen LogP) is 4.56. The van der Waals surface area contributed by atoms with E-state index in [0.29, 0.717) is 5.75 Å². The van der Waals surface area contributed by atoms with Crippen LogP contribution in [0.3, 0.4) is 0 Å². The Bertz CT molecular complexity index is 1070. The van der Waals surface area contributed by atoms with Crippen molar-refractivity contribution in [3.8, 4) is 29.1 Å². The van der Waals surface area contributed by atoms with Gasteiger partial charge in [-0.1, -0.05) is 42.2 Å². The van der Waals surface area contributed by atoms with Crippen molar-refractivity contribution in [3.05, 3.63) is 89.0 Å². The standard InChI is InChI=1S/C26H25NO3/c1-29-22-11-8-20(9-12-22)18-27-15-14-21-16-26(30-2)25(28)17-23(21)24(27)13-10-19-6-4-3-5-7-19/h3-9,11-12,16-17,24,28H,14-15,18H2,1-2H3. The highest BCUT2D eigenvalue weighted by atomic mass is 16.5. The molecule has 0 spiro atoms. The van der Waals surface area contributed by atoms with Crippen LogP contribution in [0.5, 0.6) is 17.2 Å². The van der Waals surface area contributed by atoms with Gasteiger partial charge in [-0.3, -0.25) is 4.90 Å². The molecule has 0 saturated carbocycles. The van der Waals surface area contributed by atoms with Gasteiger partial charge in [0, 0.05) is 18.7 Å². The van der Waals surface area contributed by atoms with E-state index in [1.807, 2.05) is 48.5 Å². The molecule has 152 valence electrons. The highest BCUT2D eigenvalue weighted by Gasteiger charge is 2.27. The second kappa shape index (κ2) is 8.94. The summed E-state index contributed by atoms with van der Waals surface area (Å²) >= 11 is 0. The summed E-state index contributed by atoms with van der Waals surface area (Å²) < 4.78 is 10.6. The maximum Gasteiger partial charge on any atom is 0.160 e. The quantitative estimate of drug-likeness (QED) is 0.653. The molecule has 0 saturated heterocycles. The van der Waals surface area contributed by atoms with Crippen molar-refractivity contribution < 1.29 is 14.6 Å². The lowest BCUT2D eigenvalue weighted by molar-refractivity contribution is 0.215. The van der Waals surface area contributed by atoms with Crippen molar-refractivity contribution in [1.29, 1.82) is 0 Å². The summed E-state index contributed by atoms with van der Waals surface area (Å²) in [5.41, 5.74) is 4.38. The number of hydrogen-bond acceptors (Lipinski definition) is 4. The summed E-state index contributed by atoms with van der Waals surface area (Å²) in [5.74, 6) is 8.27. The largest absolute Gasteiger partial charge is 0.504 e. The first-order valence-electron chi connectivity index (χ1n) is 10.0. The van der Waals surface area contributed by atoms with E-state index in [0.717, 1.165) is 36.4 Å². The molecule has 0 radical (unpaired) electrons. The van der Waals surface area contributed by atoms with Gasteiger partial charge in [0.05, 0.1) is 20.3 Å². The Kier molecular flexibility index (Phi) is 5.92. The van der Waals surface area contributed by atoms with Crippen molar-refractivity contribution in [2.45, 2.75) is 19.0 Å². The molecule has 0 amide bonds. The molecular formula is C26H25NO3. The monoisotopic (exact) mass is 399 g/mol. The molecule has 1 aliphatic rings. The normalized spacial score (nSPS) is 15.6. The number of phenols is 1. The zero-order valence-electron chi connectivity index (χ0n) is 17.3. The van der Waals surface area contributed by atoms with E-state index in [-0.39, 0.29) is 11.8 Å². The minimum absolute atomic E-state index is 0.118. The van der Waals surface area contributed by atoms with Crippen molar-refractivity contribution in [1.82, 2.24) is 4.90 Å². The van der Waals surface area contributed by atoms with E-state index < -0.39 is 0 Å². The molecule has 0 bridgehead atoms. The van der Waals surface area contributed by atoms with E-state index in [4.69, 9.17) is 9.47 Å². The van der Waals surface area contributed by atoms with E-state index in [9.17, 15) is 5.11 Å². The molecule has 1 unspecified atom stereocenters. The lowest BCUT2D eigenvalue weighted by Crippen LogP contribution is -2.34. The third-order valence-corrected chi connectivity index (χ3v) is 5.44.